The second kappa shape index (κ2) is 6.79. The minimum atomic E-state index is 0.690. The van der Waals surface area contributed by atoms with Crippen molar-refractivity contribution in [2.45, 2.75) is 45.6 Å². The highest BCUT2D eigenvalue weighted by molar-refractivity contribution is 5.47. The Balaban J connectivity index is 2.03. The van der Waals surface area contributed by atoms with E-state index in [9.17, 15) is 0 Å². The lowest BCUT2D eigenvalue weighted by Gasteiger charge is -2.39. The summed E-state index contributed by atoms with van der Waals surface area (Å²) in [6.45, 7) is 9.61. The highest BCUT2D eigenvalue weighted by atomic mass is 15.2. The van der Waals surface area contributed by atoms with Gasteiger partial charge in [0.1, 0.15) is 0 Å². The van der Waals surface area contributed by atoms with Crippen LogP contribution in [-0.4, -0.2) is 12.6 Å². The number of nitrogens with zero attached hydrogens (tertiary/aromatic N) is 1. The fourth-order valence-corrected chi connectivity index (χ4v) is 3.30. The van der Waals surface area contributed by atoms with E-state index in [0.717, 1.165) is 18.4 Å². The highest BCUT2D eigenvalue weighted by Gasteiger charge is 2.26. The molecule has 1 aromatic rings. The van der Waals surface area contributed by atoms with E-state index in [1.54, 1.807) is 0 Å². The zero-order valence-electron chi connectivity index (χ0n) is 12.4. The first-order valence-corrected chi connectivity index (χ1v) is 7.65. The molecule has 0 bridgehead atoms. The molecule has 0 radical (unpaired) electrons. The molecule has 0 aliphatic heterocycles. The normalized spacial score (nSPS) is 23.3. The molecule has 0 spiro atoms. The summed E-state index contributed by atoms with van der Waals surface area (Å²) in [6.07, 6.45) is 7.43. The molecule has 1 fully saturated rings. The molecule has 1 heteroatoms. The first-order chi connectivity index (χ1) is 9.22. The Labute approximate surface area is 118 Å². The van der Waals surface area contributed by atoms with Crippen LogP contribution < -0.4 is 4.90 Å². The predicted molar refractivity (Wildman–Crippen MR) is 84.6 cm³/mol. The SMILES string of the molecule is C=CCN(c1ccccc1)C1CCC(C(C)C)CC1. The monoisotopic (exact) mass is 257 g/mol. The van der Waals surface area contributed by atoms with Crippen LogP contribution in [0.3, 0.4) is 0 Å². The number of rotatable bonds is 5. The van der Waals surface area contributed by atoms with Gasteiger partial charge in [-0.15, -0.1) is 6.58 Å². The Morgan fingerprint density at radius 1 is 1.16 bits per heavy atom. The Hall–Kier alpha value is -1.24. The number of hydrogen-bond donors (Lipinski definition) is 0. The van der Waals surface area contributed by atoms with Gasteiger partial charge in [-0.05, 0) is 49.7 Å². The van der Waals surface area contributed by atoms with E-state index in [4.69, 9.17) is 0 Å². The van der Waals surface area contributed by atoms with Crippen LogP contribution in [0.15, 0.2) is 43.0 Å². The fraction of sp³-hybridized carbons (Fsp3) is 0.556. The van der Waals surface area contributed by atoms with E-state index in [1.807, 2.05) is 6.08 Å². The molecule has 19 heavy (non-hydrogen) atoms. The molecule has 1 aromatic carbocycles. The van der Waals surface area contributed by atoms with Crippen LogP contribution in [0.2, 0.25) is 0 Å². The minimum absolute atomic E-state index is 0.690. The molecule has 0 aromatic heterocycles. The van der Waals surface area contributed by atoms with Gasteiger partial charge in [0.05, 0.1) is 0 Å². The van der Waals surface area contributed by atoms with Gasteiger partial charge < -0.3 is 4.90 Å². The van der Waals surface area contributed by atoms with Crippen LogP contribution in [0.4, 0.5) is 5.69 Å². The Morgan fingerprint density at radius 3 is 2.32 bits per heavy atom. The molecule has 0 saturated heterocycles. The molecular formula is C18H27N. The van der Waals surface area contributed by atoms with Crippen molar-refractivity contribution in [3.8, 4) is 0 Å². The minimum Gasteiger partial charge on any atom is -0.365 e. The summed E-state index contributed by atoms with van der Waals surface area (Å²) in [5, 5.41) is 0. The molecule has 0 atom stereocenters. The molecule has 0 unspecified atom stereocenters. The van der Waals surface area contributed by atoms with E-state index >= 15 is 0 Å². The number of anilines is 1. The van der Waals surface area contributed by atoms with Crippen molar-refractivity contribution in [3.05, 3.63) is 43.0 Å². The summed E-state index contributed by atoms with van der Waals surface area (Å²) in [5.41, 5.74) is 1.34. The highest BCUT2D eigenvalue weighted by Crippen LogP contribution is 2.33. The second-order valence-corrected chi connectivity index (χ2v) is 6.09. The average molecular weight is 257 g/mol. The summed E-state index contributed by atoms with van der Waals surface area (Å²) in [5.74, 6) is 1.77. The van der Waals surface area contributed by atoms with Crippen molar-refractivity contribution in [2.75, 3.05) is 11.4 Å². The third-order valence-corrected chi connectivity index (χ3v) is 4.54. The number of benzene rings is 1. The quantitative estimate of drug-likeness (QED) is 0.679. The molecule has 104 valence electrons. The smallest absolute Gasteiger partial charge is 0.0371 e. The first kappa shape index (κ1) is 14.2. The van der Waals surface area contributed by atoms with Gasteiger partial charge in [-0.2, -0.15) is 0 Å². The zero-order chi connectivity index (χ0) is 13.7. The second-order valence-electron chi connectivity index (χ2n) is 6.09. The van der Waals surface area contributed by atoms with Gasteiger partial charge in [-0.1, -0.05) is 38.1 Å². The molecule has 1 nitrogen and oxygen atoms in total. The maximum atomic E-state index is 3.92. The molecule has 1 aliphatic rings. The Morgan fingerprint density at radius 2 is 1.79 bits per heavy atom. The van der Waals surface area contributed by atoms with Gasteiger partial charge in [0.25, 0.3) is 0 Å². The predicted octanol–water partition coefficient (Wildman–Crippen LogP) is 4.89. The summed E-state index contributed by atoms with van der Waals surface area (Å²) < 4.78 is 0. The van der Waals surface area contributed by atoms with E-state index in [0.29, 0.717) is 6.04 Å². The zero-order valence-corrected chi connectivity index (χ0v) is 12.4. The van der Waals surface area contributed by atoms with Crippen LogP contribution >= 0.6 is 0 Å². The van der Waals surface area contributed by atoms with E-state index in [1.165, 1.54) is 31.4 Å². The summed E-state index contributed by atoms with van der Waals surface area (Å²) >= 11 is 0. The van der Waals surface area contributed by atoms with Crippen molar-refractivity contribution in [1.29, 1.82) is 0 Å². The van der Waals surface area contributed by atoms with Crippen LogP contribution in [0.25, 0.3) is 0 Å². The molecule has 0 N–H and O–H groups in total. The third kappa shape index (κ3) is 3.62. The van der Waals surface area contributed by atoms with Gasteiger partial charge in [0.15, 0.2) is 0 Å². The molecule has 1 aliphatic carbocycles. The summed E-state index contributed by atoms with van der Waals surface area (Å²) in [7, 11) is 0. The lowest BCUT2D eigenvalue weighted by Crippen LogP contribution is -2.39. The standard InChI is InChI=1S/C18H27N/c1-4-14-19(17-8-6-5-7-9-17)18-12-10-16(11-13-18)15(2)3/h4-9,15-16,18H,1,10-14H2,2-3H3. The van der Waals surface area contributed by atoms with Crippen LogP contribution in [0.5, 0.6) is 0 Å². The molecule has 0 heterocycles. The maximum absolute atomic E-state index is 3.92. The Bertz CT molecular complexity index is 374. The third-order valence-electron chi connectivity index (χ3n) is 4.54. The fourth-order valence-electron chi connectivity index (χ4n) is 3.30. The van der Waals surface area contributed by atoms with E-state index < -0.39 is 0 Å². The van der Waals surface area contributed by atoms with Crippen LogP contribution in [0, 0.1) is 11.8 Å². The van der Waals surface area contributed by atoms with Gasteiger partial charge in [0, 0.05) is 18.3 Å². The van der Waals surface area contributed by atoms with Crippen molar-refractivity contribution >= 4 is 5.69 Å². The van der Waals surface area contributed by atoms with Gasteiger partial charge in [-0.25, -0.2) is 0 Å². The largest absolute Gasteiger partial charge is 0.365 e. The first-order valence-electron chi connectivity index (χ1n) is 7.65. The lowest BCUT2D eigenvalue weighted by atomic mass is 9.79. The van der Waals surface area contributed by atoms with E-state index in [2.05, 4.69) is 55.7 Å². The van der Waals surface area contributed by atoms with E-state index in [-0.39, 0.29) is 0 Å². The molecule has 0 amide bonds. The maximum Gasteiger partial charge on any atom is 0.0371 e. The van der Waals surface area contributed by atoms with Crippen LogP contribution in [0.1, 0.15) is 39.5 Å². The van der Waals surface area contributed by atoms with Crippen molar-refractivity contribution in [1.82, 2.24) is 0 Å². The van der Waals surface area contributed by atoms with Crippen molar-refractivity contribution < 1.29 is 0 Å². The van der Waals surface area contributed by atoms with Gasteiger partial charge in [0.2, 0.25) is 0 Å². The van der Waals surface area contributed by atoms with Crippen molar-refractivity contribution in [2.24, 2.45) is 11.8 Å². The topological polar surface area (TPSA) is 3.24 Å². The molecular weight excluding hydrogens is 230 g/mol. The number of hydrogen-bond acceptors (Lipinski definition) is 1. The summed E-state index contributed by atoms with van der Waals surface area (Å²) in [4.78, 5) is 2.53. The summed E-state index contributed by atoms with van der Waals surface area (Å²) in [6, 6.07) is 11.5. The Kier molecular flexibility index (Phi) is 5.07. The number of para-hydroxylation sites is 1. The van der Waals surface area contributed by atoms with Crippen LogP contribution in [-0.2, 0) is 0 Å². The van der Waals surface area contributed by atoms with Gasteiger partial charge >= 0.3 is 0 Å². The van der Waals surface area contributed by atoms with Gasteiger partial charge in [-0.3, -0.25) is 0 Å². The molecule has 2 rings (SSSR count). The average Bonchev–Trinajstić information content (AvgIpc) is 2.46. The molecule has 1 saturated carbocycles. The lowest BCUT2D eigenvalue weighted by molar-refractivity contribution is 0.255. The van der Waals surface area contributed by atoms with Crippen molar-refractivity contribution in [3.63, 3.8) is 0 Å².